The number of carboxylic acids is 1. The fourth-order valence-corrected chi connectivity index (χ4v) is 4.99. The van der Waals surface area contributed by atoms with Gasteiger partial charge in [-0.15, -0.1) is 0 Å². The van der Waals surface area contributed by atoms with Crippen LogP contribution < -0.4 is 16.0 Å². The van der Waals surface area contributed by atoms with E-state index in [0.29, 0.717) is 0 Å². The van der Waals surface area contributed by atoms with Crippen LogP contribution in [0.25, 0.3) is 11.1 Å². The average molecular weight is 480 g/mol. The molecule has 0 heterocycles. The predicted octanol–water partition coefficient (Wildman–Crippen LogP) is 2.40. The Morgan fingerprint density at radius 1 is 0.857 bits per heavy atom. The van der Waals surface area contributed by atoms with Crippen LogP contribution in [-0.4, -0.2) is 54.7 Å². The van der Waals surface area contributed by atoms with Crippen LogP contribution in [0.15, 0.2) is 48.5 Å². The summed E-state index contributed by atoms with van der Waals surface area (Å²) >= 11 is 0. The molecule has 1 saturated carbocycles. The molecule has 2 aliphatic rings. The Morgan fingerprint density at radius 2 is 1.49 bits per heavy atom. The number of alkyl carbamates (subject to hydrolysis) is 1. The summed E-state index contributed by atoms with van der Waals surface area (Å²) in [6, 6.07) is 16.1. The summed E-state index contributed by atoms with van der Waals surface area (Å²) in [5.74, 6) is -2.12. The smallest absolute Gasteiger partial charge is 0.407 e. The fourth-order valence-electron chi connectivity index (χ4n) is 4.99. The van der Waals surface area contributed by atoms with E-state index in [-0.39, 0.29) is 43.4 Å². The summed E-state index contributed by atoms with van der Waals surface area (Å²) in [4.78, 5) is 46.9. The van der Waals surface area contributed by atoms with Crippen LogP contribution in [0.4, 0.5) is 4.79 Å². The molecule has 0 saturated heterocycles. The quantitative estimate of drug-likeness (QED) is 0.436. The van der Waals surface area contributed by atoms with Crippen LogP contribution >= 0.6 is 0 Å². The van der Waals surface area contributed by atoms with Gasteiger partial charge in [-0.3, -0.25) is 14.4 Å². The molecule has 2 aliphatic carbocycles. The van der Waals surface area contributed by atoms with Crippen LogP contribution in [0.2, 0.25) is 0 Å². The molecule has 9 heteroatoms. The largest absolute Gasteiger partial charge is 0.480 e. The van der Waals surface area contributed by atoms with Gasteiger partial charge in [0.05, 0.1) is 6.54 Å². The van der Waals surface area contributed by atoms with Gasteiger partial charge in [0.25, 0.3) is 0 Å². The maximum atomic E-state index is 12.6. The zero-order chi connectivity index (χ0) is 24.8. The van der Waals surface area contributed by atoms with Gasteiger partial charge in [0.2, 0.25) is 11.8 Å². The lowest BCUT2D eigenvalue weighted by molar-refractivity contribution is -0.137. The zero-order valence-corrected chi connectivity index (χ0v) is 19.3. The van der Waals surface area contributed by atoms with E-state index in [1.54, 1.807) is 0 Å². The summed E-state index contributed by atoms with van der Waals surface area (Å²) in [6.45, 7) is -0.560. The number of carboxylic acid groups (broad SMARTS) is 1. The third-order valence-electron chi connectivity index (χ3n) is 6.64. The lowest BCUT2D eigenvalue weighted by Gasteiger charge is -2.21. The van der Waals surface area contributed by atoms with Gasteiger partial charge in [0, 0.05) is 18.4 Å². The minimum absolute atomic E-state index is 0.0226. The molecule has 2 aromatic rings. The molecular weight excluding hydrogens is 450 g/mol. The number of amides is 3. The van der Waals surface area contributed by atoms with Gasteiger partial charge < -0.3 is 25.8 Å². The Kier molecular flexibility index (Phi) is 7.64. The van der Waals surface area contributed by atoms with Crippen molar-refractivity contribution >= 4 is 23.9 Å². The molecule has 35 heavy (non-hydrogen) atoms. The molecule has 3 amide bonds. The number of ether oxygens (including phenoxy) is 1. The number of hydrogen-bond acceptors (Lipinski definition) is 5. The van der Waals surface area contributed by atoms with Crippen molar-refractivity contribution in [3.63, 3.8) is 0 Å². The number of rotatable bonds is 9. The number of carbonyl (C=O) groups excluding carboxylic acids is 3. The summed E-state index contributed by atoms with van der Waals surface area (Å²) in [5.41, 5.74) is 4.61. The molecule has 0 radical (unpaired) electrons. The molecule has 4 N–H and O–H groups in total. The second kappa shape index (κ2) is 11.0. The van der Waals surface area contributed by atoms with E-state index >= 15 is 0 Å². The third-order valence-corrected chi connectivity index (χ3v) is 6.64. The van der Waals surface area contributed by atoms with Crippen molar-refractivity contribution in [3.8, 4) is 11.1 Å². The first-order valence-corrected chi connectivity index (χ1v) is 11.8. The van der Waals surface area contributed by atoms with Crippen molar-refractivity contribution < 1.29 is 29.0 Å². The van der Waals surface area contributed by atoms with Gasteiger partial charge in [0.15, 0.2) is 0 Å². The molecule has 0 aliphatic heterocycles. The highest BCUT2D eigenvalue weighted by Crippen LogP contribution is 2.44. The Morgan fingerprint density at radius 3 is 2.14 bits per heavy atom. The Labute approximate surface area is 203 Å². The molecule has 2 unspecified atom stereocenters. The first-order chi connectivity index (χ1) is 16.9. The van der Waals surface area contributed by atoms with Gasteiger partial charge in [-0.05, 0) is 41.0 Å². The van der Waals surface area contributed by atoms with Gasteiger partial charge in [0.1, 0.15) is 13.2 Å². The third kappa shape index (κ3) is 5.98. The molecule has 184 valence electrons. The number of carbonyl (C=O) groups is 4. The van der Waals surface area contributed by atoms with Crippen molar-refractivity contribution in [2.75, 3.05) is 19.7 Å². The van der Waals surface area contributed by atoms with Gasteiger partial charge >= 0.3 is 12.1 Å². The number of nitrogens with one attached hydrogen (secondary N) is 3. The molecule has 2 atom stereocenters. The molecule has 1 fully saturated rings. The summed E-state index contributed by atoms with van der Waals surface area (Å²) < 4.78 is 5.63. The number of benzene rings is 2. The number of fused-ring (bicyclic) bond motifs is 3. The minimum Gasteiger partial charge on any atom is -0.480 e. The molecular formula is C26H29N3O6. The lowest BCUT2D eigenvalue weighted by atomic mass is 9.98. The van der Waals surface area contributed by atoms with Crippen molar-refractivity contribution in [2.24, 2.45) is 5.92 Å². The second-order valence-electron chi connectivity index (χ2n) is 8.92. The Balaban J connectivity index is 1.26. The fraction of sp³-hybridized carbons (Fsp3) is 0.385. The second-order valence-corrected chi connectivity index (χ2v) is 8.92. The van der Waals surface area contributed by atoms with Crippen molar-refractivity contribution in [1.82, 2.24) is 16.0 Å². The highest BCUT2D eigenvalue weighted by molar-refractivity contribution is 5.86. The molecule has 0 spiro atoms. The number of hydrogen-bond donors (Lipinski definition) is 4. The average Bonchev–Trinajstić information content (AvgIpc) is 3.41. The maximum Gasteiger partial charge on any atom is 0.407 e. The molecule has 0 bridgehead atoms. The standard InChI is InChI=1S/C26H29N3O6/c30-23(27-13-24(31)28-14-25(32)33)12-16-6-5-11-22(16)29-26(34)35-15-21-19-9-3-1-7-17(19)18-8-2-4-10-20(18)21/h1-4,7-10,16,21-22H,5-6,11-15H2,(H,27,30)(H,28,31)(H,29,34)(H,32,33). The normalized spacial score (nSPS) is 18.3. The first kappa shape index (κ1) is 24.3. The SMILES string of the molecule is O=C(O)CNC(=O)CNC(=O)CC1CCCC1NC(=O)OCC1c2ccccc2-c2ccccc21. The molecule has 0 aromatic heterocycles. The van der Waals surface area contributed by atoms with Gasteiger partial charge in [-0.2, -0.15) is 0 Å². The van der Waals surface area contributed by atoms with Crippen molar-refractivity contribution in [1.29, 1.82) is 0 Å². The molecule has 4 rings (SSSR count). The van der Waals surface area contributed by atoms with Gasteiger partial charge in [-0.1, -0.05) is 55.0 Å². The summed E-state index contributed by atoms with van der Waals surface area (Å²) in [6.07, 6.45) is 2.08. The van der Waals surface area contributed by atoms with Crippen LogP contribution in [-0.2, 0) is 19.1 Å². The highest BCUT2D eigenvalue weighted by Gasteiger charge is 2.32. The van der Waals surface area contributed by atoms with E-state index in [1.807, 2.05) is 24.3 Å². The predicted molar refractivity (Wildman–Crippen MR) is 128 cm³/mol. The Hall–Kier alpha value is -3.88. The zero-order valence-electron chi connectivity index (χ0n) is 19.3. The van der Waals surface area contributed by atoms with E-state index in [9.17, 15) is 19.2 Å². The maximum absolute atomic E-state index is 12.6. The summed E-state index contributed by atoms with van der Waals surface area (Å²) in [5, 5.41) is 16.2. The monoisotopic (exact) mass is 479 g/mol. The van der Waals surface area contributed by atoms with E-state index in [2.05, 4.69) is 40.2 Å². The molecule has 9 nitrogen and oxygen atoms in total. The Bertz CT molecular complexity index is 1070. The number of aliphatic carboxylic acids is 1. The highest BCUT2D eigenvalue weighted by atomic mass is 16.5. The van der Waals surface area contributed by atoms with Crippen molar-refractivity contribution in [3.05, 3.63) is 59.7 Å². The summed E-state index contributed by atoms with van der Waals surface area (Å²) in [7, 11) is 0. The van der Waals surface area contributed by atoms with Crippen LogP contribution in [0.5, 0.6) is 0 Å². The van der Waals surface area contributed by atoms with E-state index < -0.39 is 24.5 Å². The van der Waals surface area contributed by atoms with E-state index in [4.69, 9.17) is 9.84 Å². The lowest BCUT2D eigenvalue weighted by Crippen LogP contribution is -2.42. The molecule has 2 aromatic carbocycles. The van der Waals surface area contributed by atoms with Crippen LogP contribution in [0.1, 0.15) is 42.7 Å². The van der Waals surface area contributed by atoms with Crippen LogP contribution in [0, 0.1) is 5.92 Å². The first-order valence-electron chi connectivity index (χ1n) is 11.8. The van der Waals surface area contributed by atoms with Crippen LogP contribution in [0.3, 0.4) is 0 Å². The van der Waals surface area contributed by atoms with E-state index in [0.717, 1.165) is 41.5 Å². The minimum atomic E-state index is -1.15. The topological polar surface area (TPSA) is 134 Å². The van der Waals surface area contributed by atoms with Crippen molar-refractivity contribution in [2.45, 2.75) is 37.6 Å². The van der Waals surface area contributed by atoms with Gasteiger partial charge in [-0.25, -0.2) is 4.79 Å². The van der Waals surface area contributed by atoms with E-state index in [1.165, 1.54) is 0 Å².